The number of halogens is 1. The van der Waals surface area contributed by atoms with E-state index in [-0.39, 0.29) is 5.97 Å². The van der Waals surface area contributed by atoms with E-state index in [0.717, 1.165) is 15.7 Å². The standard InChI is InChI=1S/C12H15BrN2O2S/c1-15(6-5-11(16)17-2)10-4-3-8(12(14)18)7-9(10)13/h3-4,7H,5-6H2,1-2H3,(H2,14,18). The van der Waals surface area contributed by atoms with Crippen molar-refractivity contribution >= 4 is 44.8 Å². The van der Waals surface area contributed by atoms with E-state index in [1.807, 2.05) is 30.1 Å². The smallest absolute Gasteiger partial charge is 0.307 e. The van der Waals surface area contributed by atoms with Crippen LogP contribution in [0.5, 0.6) is 0 Å². The molecular formula is C12H15BrN2O2S. The highest BCUT2D eigenvalue weighted by Gasteiger charge is 2.09. The maximum atomic E-state index is 11.1. The van der Waals surface area contributed by atoms with Gasteiger partial charge in [-0.25, -0.2) is 0 Å². The number of ether oxygens (including phenoxy) is 1. The molecule has 1 rings (SSSR count). The third-order valence-electron chi connectivity index (χ3n) is 2.52. The Morgan fingerprint density at radius 3 is 2.72 bits per heavy atom. The summed E-state index contributed by atoms with van der Waals surface area (Å²) in [6.45, 7) is 0.581. The minimum Gasteiger partial charge on any atom is -0.469 e. The van der Waals surface area contributed by atoms with Gasteiger partial charge in [0, 0.05) is 23.6 Å². The highest BCUT2D eigenvalue weighted by atomic mass is 79.9. The fraction of sp³-hybridized carbons (Fsp3) is 0.333. The number of anilines is 1. The van der Waals surface area contributed by atoms with E-state index in [4.69, 9.17) is 18.0 Å². The normalized spacial score (nSPS) is 9.94. The lowest BCUT2D eigenvalue weighted by Crippen LogP contribution is -2.22. The molecule has 4 nitrogen and oxygen atoms in total. The molecule has 0 saturated carbocycles. The van der Waals surface area contributed by atoms with Crippen LogP contribution in [0.1, 0.15) is 12.0 Å². The maximum Gasteiger partial charge on any atom is 0.307 e. The van der Waals surface area contributed by atoms with Gasteiger partial charge in [-0.05, 0) is 34.1 Å². The van der Waals surface area contributed by atoms with Gasteiger partial charge in [-0.2, -0.15) is 0 Å². The average Bonchev–Trinajstić information content (AvgIpc) is 2.35. The van der Waals surface area contributed by atoms with E-state index in [1.54, 1.807) is 0 Å². The largest absolute Gasteiger partial charge is 0.469 e. The molecule has 2 N–H and O–H groups in total. The summed E-state index contributed by atoms with van der Waals surface area (Å²) in [5.74, 6) is -0.224. The number of nitrogens with zero attached hydrogens (tertiary/aromatic N) is 1. The summed E-state index contributed by atoms with van der Waals surface area (Å²) in [7, 11) is 3.29. The van der Waals surface area contributed by atoms with Crippen LogP contribution in [0.15, 0.2) is 22.7 Å². The van der Waals surface area contributed by atoms with Crippen LogP contribution >= 0.6 is 28.1 Å². The molecule has 0 atom stereocenters. The molecule has 1 aromatic carbocycles. The van der Waals surface area contributed by atoms with Crippen LogP contribution in [0.25, 0.3) is 0 Å². The van der Waals surface area contributed by atoms with Gasteiger partial charge in [-0.1, -0.05) is 12.2 Å². The van der Waals surface area contributed by atoms with Crippen molar-refractivity contribution in [1.82, 2.24) is 0 Å². The number of benzene rings is 1. The van der Waals surface area contributed by atoms with Crippen LogP contribution < -0.4 is 10.6 Å². The molecule has 0 aliphatic carbocycles. The van der Waals surface area contributed by atoms with Gasteiger partial charge in [0.05, 0.1) is 19.2 Å². The van der Waals surface area contributed by atoms with E-state index < -0.39 is 0 Å². The van der Waals surface area contributed by atoms with E-state index in [9.17, 15) is 4.79 Å². The predicted octanol–water partition coefficient (Wildman–Crippen LogP) is 2.08. The lowest BCUT2D eigenvalue weighted by Gasteiger charge is -2.20. The van der Waals surface area contributed by atoms with Crippen molar-refractivity contribution in [3.05, 3.63) is 28.2 Å². The van der Waals surface area contributed by atoms with Gasteiger partial charge in [-0.3, -0.25) is 4.79 Å². The summed E-state index contributed by atoms with van der Waals surface area (Å²) in [5, 5.41) is 0. The third-order valence-corrected chi connectivity index (χ3v) is 3.39. The van der Waals surface area contributed by atoms with E-state index in [0.29, 0.717) is 18.0 Å². The Balaban J connectivity index is 2.77. The van der Waals surface area contributed by atoms with Gasteiger partial charge >= 0.3 is 5.97 Å². The Morgan fingerprint density at radius 1 is 1.56 bits per heavy atom. The van der Waals surface area contributed by atoms with Crippen molar-refractivity contribution in [2.75, 3.05) is 25.6 Å². The molecule has 0 aliphatic rings. The number of hydrogen-bond donors (Lipinski definition) is 1. The monoisotopic (exact) mass is 330 g/mol. The van der Waals surface area contributed by atoms with E-state index >= 15 is 0 Å². The van der Waals surface area contributed by atoms with Crippen LogP contribution in [-0.4, -0.2) is 31.7 Å². The van der Waals surface area contributed by atoms with Crippen LogP contribution in [0, 0.1) is 0 Å². The summed E-state index contributed by atoms with van der Waals surface area (Å²) in [6, 6.07) is 5.64. The second kappa shape index (κ2) is 6.70. The second-order valence-corrected chi connectivity index (χ2v) is 5.07. The summed E-state index contributed by atoms with van der Waals surface area (Å²) in [5.41, 5.74) is 7.34. The lowest BCUT2D eigenvalue weighted by atomic mass is 10.2. The van der Waals surface area contributed by atoms with Crippen molar-refractivity contribution in [3.63, 3.8) is 0 Å². The first-order valence-electron chi connectivity index (χ1n) is 5.33. The lowest BCUT2D eigenvalue weighted by molar-refractivity contribution is -0.140. The molecule has 0 aromatic heterocycles. The molecule has 0 fully saturated rings. The van der Waals surface area contributed by atoms with E-state index in [2.05, 4.69) is 20.7 Å². The molecule has 0 bridgehead atoms. The molecular weight excluding hydrogens is 316 g/mol. The number of esters is 1. The molecule has 0 spiro atoms. The molecule has 98 valence electrons. The summed E-state index contributed by atoms with van der Waals surface area (Å²) in [6.07, 6.45) is 0.344. The molecule has 0 amide bonds. The van der Waals surface area contributed by atoms with Crippen LogP contribution in [0.2, 0.25) is 0 Å². The summed E-state index contributed by atoms with van der Waals surface area (Å²) < 4.78 is 5.50. The van der Waals surface area contributed by atoms with Crippen molar-refractivity contribution in [3.8, 4) is 0 Å². The Kier molecular flexibility index (Phi) is 5.55. The first kappa shape index (κ1) is 14.9. The zero-order valence-corrected chi connectivity index (χ0v) is 12.7. The number of carbonyl (C=O) groups excluding carboxylic acids is 1. The molecule has 0 unspecified atom stereocenters. The van der Waals surface area contributed by atoms with Crippen molar-refractivity contribution in [2.45, 2.75) is 6.42 Å². The first-order chi connectivity index (χ1) is 8.45. The van der Waals surface area contributed by atoms with Gasteiger partial charge in [-0.15, -0.1) is 0 Å². The quantitative estimate of drug-likeness (QED) is 0.661. The molecule has 0 radical (unpaired) electrons. The Morgan fingerprint density at radius 2 is 2.22 bits per heavy atom. The van der Waals surface area contributed by atoms with Gasteiger partial charge in [0.2, 0.25) is 0 Å². The second-order valence-electron chi connectivity index (χ2n) is 3.78. The molecule has 18 heavy (non-hydrogen) atoms. The van der Waals surface area contributed by atoms with Gasteiger partial charge in [0.15, 0.2) is 0 Å². The maximum absolute atomic E-state index is 11.1. The fourth-order valence-corrected chi connectivity index (χ4v) is 2.26. The van der Waals surface area contributed by atoms with Crippen molar-refractivity contribution in [2.24, 2.45) is 5.73 Å². The zero-order chi connectivity index (χ0) is 13.7. The van der Waals surface area contributed by atoms with Crippen LogP contribution in [0.3, 0.4) is 0 Å². The average molecular weight is 331 g/mol. The first-order valence-corrected chi connectivity index (χ1v) is 6.53. The van der Waals surface area contributed by atoms with Crippen molar-refractivity contribution < 1.29 is 9.53 Å². The minimum atomic E-state index is -0.224. The van der Waals surface area contributed by atoms with Gasteiger partial charge in [0.1, 0.15) is 4.99 Å². The number of thiocarbonyl (C=S) groups is 1. The third kappa shape index (κ3) is 3.96. The number of carbonyl (C=O) groups is 1. The summed E-state index contributed by atoms with van der Waals surface area (Å²) in [4.78, 5) is 13.4. The van der Waals surface area contributed by atoms with Gasteiger partial charge in [0.25, 0.3) is 0 Å². The Labute approximate surface area is 120 Å². The topological polar surface area (TPSA) is 55.6 Å². The van der Waals surface area contributed by atoms with Gasteiger partial charge < -0.3 is 15.4 Å². The highest BCUT2D eigenvalue weighted by molar-refractivity contribution is 9.10. The molecule has 1 aromatic rings. The SMILES string of the molecule is COC(=O)CCN(C)c1ccc(C(N)=S)cc1Br. The fourth-order valence-electron chi connectivity index (χ4n) is 1.45. The molecule has 0 heterocycles. The van der Waals surface area contributed by atoms with Crippen LogP contribution in [-0.2, 0) is 9.53 Å². The van der Waals surface area contributed by atoms with E-state index in [1.165, 1.54) is 7.11 Å². The molecule has 6 heteroatoms. The Hall–Kier alpha value is -1.14. The predicted molar refractivity (Wildman–Crippen MR) is 79.9 cm³/mol. The number of nitrogens with two attached hydrogens (primary N) is 1. The van der Waals surface area contributed by atoms with Crippen LogP contribution in [0.4, 0.5) is 5.69 Å². The van der Waals surface area contributed by atoms with Crippen molar-refractivity contribution in [1.29, 1.82) is 0 Å². The Bertz CT molecular complexity index is 465. The number of rotatable bonds is 5. The number of hydrogen-bond acceptors (Lipinski definition) is 4. The number of methoxy groups -OCH3 is 1. The molecule has 0 aliphatic heterocycles. The highest BCUT2D eigenvalue weighted by Crippen LogP contribution is 2.26. The molecule has 0 saturated heterocycles. The zero-order valence-electron chi connectivity index (χ0n) is 10.3. The minimum absolute atomic E-state index is 0.224. The summed E-state index contributed by atoms with van der Waals surface area (Å²) >= 11 is 8.38.